The molecule has 0 aliphatic heterocycles. The Kier molecular flexibility index (Phi) is 17.6. The Hall–Kier alpha value is -2.25. The molecule has 1 nitrogen and oxygen atoms in total. The fraction of sp³-hybridized carbons (Fsp3) is 0.400. The number of ether oxygens (including phenoxy) is 1. The lowest BCUT2D eigenvalue weighted by atomic mass is 10.0. The maximum absolute atomic E-state index is 5.81. The molecule has 3 heteroatoms. The maximum Gasteiger partial charge on any atom is 0.112 e. The second-order valence-electron chi connectivity index (χ2n) is 11.7. The monoisotopic (exact) mass is 658 g/mol. The predicted octanol–water partition coefficient (Wildman–Crippen LogP) is 7.27. The van der Waals surface area contributed by atoms with Gasteiger partial charge in [-0.25, -0.2) is 0 Å². The Balaban J connectivity index is 0.00000506. The second-order valence-corrected chi connectivity index (χ2v) is 15.3. The Morgan fingerprint density at radius 2 is 0.698 bits per heavy atom. The summed E-state index contributed by atoms with van der Waals surface area (Å²) in [5, 5.41) is 4.54. The molecule has 0 saturated heterocycles. The SMILES string of the molecule is [Br-].c1ccc(COCCCCCCCCCCCCCCC[P+](c2ccccc2)(c2ccccc2)c2ccccc2)cc1. The summed E-state index contributed by atoms with van der Waals surface area (Å²) in [7, 11) is -1.66. The standard InChI is InChI=1S/C40H52OP.BrH/c1(2-4-6-8-10-24-34-41-36-37-26-16-12-17-27-37)3-5-7-9-11-25-35-42(38-28-18-13-19-29-38,39-30-20-14-21-31-39)40-32-22-15-23-33-40;/h12-23,26-33H,1-11,24-25,34-36H2;1H/q+1;/p-1. The molecule has 0 aromatic heterocycles. The minimum absolute atomic E-state index is 0. The van der Waals surface area contributed by atoms with E-state index in [0.29, 0.717) is 0 Å². The summed E-state index contributed by atoms with van der Waals surface area (Å²) >= 11 is 0. The van der Waals surface area contributed by atoms with Gasteiger partial charge in [0.15, 0.2) is 0 Å². The maximum atomic E-state index is 5.81. The third-order valence-electron chi connectivity index (χ3n) is 8.48. The lowest BCUT2D eigenvalue weighted by Crippen LogP contribution is -3.00. The molecule has 0 unspecified atom stereocenters. The smallest absolute Gasteiger partial charge is 0.112 e. The van der Waals surface area contributed by atoms with Gasteiger partial charge in [-0.1, -0.05) is 149 Å². The fourth-order valence-corrected chi connectivity index (χ4v) is 10.6. The predicted molar refractivity (Wildman–Crippen MR) is 186 cm³/mol. The molecule has 0 atom stereocenters. The van der Waals surface area contributed by atoms with Crippen LogP contribution in [0.4, 0.5) is 0 Å². The van der Waals surface area contributed by atoms with Crippen molar-refractivity contribution in [2.45, 2.75) is 90.1 Å². The summed E-state index contributed by atoms with van der Waals surface area (Å²) in [6, 6.07) is 44.5. The van der Waals surface area contributed by atoms with Gasteiger partial charge >= 0.3 is 0 Å². The number of hydrogen-bond acceptors (Lipinski definition) is 1. The summed E-state index contributed by atoms with van der Waals surface area (Å²) in [4.78, 5) is 0. The highest BCUT2D eigenvalue weighted by molar-refractivity contribution is 7.95. The highest BCUT2D eigenvalue weighted by Gasteiger charge is 2.44. The lowest BCUT2D eigenvalue weighted by molar-refractivity contribution is -0.00000901. The number of unbranched alkanes of at least 4 members (excludes halogenated alkanes) is 12. The Morgan fingerprint density at radius 1 is 0.372 bits per heavy atom. The van der Waals surface area contributed by atoms with Crippen LogP contribution in [0.15, 0.2) is 121 Å². The molecule has 0 saturated carbocycles. The molecule has 0 fully saturated rings. The van der Waals surface area contributed by atoms with Gasteiger partial charge in [-0.2, -0.15) is 0 Å². The van der Waals surface area contributed by atoms with Crippen LogP contribution < -0.4 is 32.9 Å². The van der Waals surface area contributed by atoms with Crippen molar-refractivity contribution in [3.8, 4) is 0 Å². The van der Waals surface area contributed by atoms with Gasteiger partial charge < -0.3 is 21.7 Å². The van der Waals surface area contributed by atoms with Crippen LogP contribution in [-0.2, 0) is 11.3 Å². The molecule has 0 radical (unpaired) electrons. The molecule has 4 aromatic rings. The van der Waals surface area contributed by atoms with Crippen molar-refractivity contribution in [1.29, 1.82) is 0 Å². The minimum atomic E-state index is -1.66. The zero-order valence-corrected chi connectivity index (χ0v) is 28.6. The van der Waals surface area contributed by atoms with Crippen LogP contribution in [0, 0.1) is 0 Å². The average molecular weight is 660 g/mol. The van der Waals surface area contributed by atoms with Crippen molar-refractivity contribution in [1.82, 2.24) is 0 Å². The Bertz CT molecular complexity index is 1100. The van der Waals surface area contributed by atoms with Gasteiger partial charge in [0, 0.05) is 6.61 Å². The van der Waals surface area contributed by atoms with Crippen molar-refractivity contribution in [3.63, 3.8) is 0 Å². The van der Waals surface area contributed by atoms with E-state index in [-0.39, 0.29) is 17.0 Å². The van der Waals surface area contributed by atoms with Gasteiger partial charge in [0.2, 0.25) is 0 Å². The normalized spacial score (nSPS) is 11.3. The third-order valence-corrected chi connectivity index (χ3v) is 13.0. The van der Waals surface area contributed by atoms with E-state index < -0.39 is 7.26 Å². The van der Waals surface area contributed by atoms with Crippen LogP contribution in [0.5, 0.6) is 0 Å². The molecule has 0 aliphatic carbocycles. The number of benzene rings is 4. The molecule has 0 N–H and O–H groups in total. The van der Waals surface area contributed by atoms with E-state index in [2.05, 4.69) is 121 Å². The minimum Gasteiger partial charge on any atom is -1.00 e. The van der Waals surface area contributed by atoms with Crippen LogP contribution in [0.25, 0.3) is 0 Å². The molecule has 0 spiro atoms. The van der Waals surface area contributed by atoms with Gasteiger partial charge in [-0.05, 0) is 61.2 Å². The van der Waals surface area contributed by atoms with Crippen molar-refractivity contribution in [3.05, 3.63) is 127 Å². The molecular weight excluding hydrogens is 607 g/mol. The van der Waals surface area contributed by atoms with Gasteiger partial charge in [0.1, 0.15) is 23.2 Å². The molecule has 230 valence electrons. The van der Waals surface area contributed by atoms with Gasteiger partial charge in [0.25, 0.3) is 0 Å². The summed E-state index contributed by atoms with van der Waals surface area (Å²) in [6.07, 6.45) is 18.9. The molecule has 43 heavy (non-hydrogen) atoms. The fourth-order valence-electron chi connectivity index (χ4n) is 6.14. The number of hydrogen-bond donors (Lipinski definition) is 0. The van der Waals surface area contributed by atoms with Crippen molar-refractivity contribution in [2.24, 2.45) is 0 Å². The first-order valence-electron chi connectivity index (χ1n) is 16.6. The van der Waals surface area contributed by atoms with E-state index in [9.17, 15) is 0 Å². The summed E-state index contributed by atoms with van der Waals surface area (Å²) in [6.45, 7) is 1.64. The average Bonchev–Trinajstić information content (AvgIpc) is 3.06. The largest absolute Gasteiger partial charge is 1.00 e. The van der Waals surface area contributed by atoms with E-state index in [4.69, 9.17) is 4.74 Å². The first-order valence-corrected chi connectivity index (χ1v) is 18.5. The number of halogens is 1. The quantitative estimate of drug-likeness (QED) is 0.0676. The molecular formula is C40H52BrOP. The zero-order valence-electron chi connectivity index (χ0n) is 26.1. The van der Waals surface area contributed by atoms with Crippen LogP contribution in [0.1, 0.15) is 89.0 Å². The molecule has 0 aliphatic rings. The van der Waals surface area contributed by atoms with Crippen molar-refractivity contribution < 1.29 is 21.7 Å². The van der Waals surface area contributed by atoms with Gasteiger partial charge in [-0.15, -0.1) is 0 Å². The van der Waals surface area contributed by atoms with E-state index in [0.717, 1.165) is 13.2 Å². The Morgan fingerprint density at radius 3 is 1.09 bits per heavy atom. The molecule has 4 aromatic carbocycles. The highest BCUT2D eigenvalue weighted by Crippen LogP contribution is 2.56. The van der Waals surface area contributed by atoms with E-state index in [1.54, 1.807) is 0 Å². The highest BCUT2D eigenvalue weighted by atomic mass is 79.9. The molecule has 4 rings (SSSR count). The van der Waals surface area contributed by atoms with Crippen LogP contribution in [0.2, 0.25) is 0 Å². The van der Waals surface area contributed by atoms with E-state index >= 15 is 0 Å². The third kappa shape index (κ3) is 12.0. The topological polar surface area (TPSA) is 9.23 Å². The summed E-state index contributed by atoms with van der Waals surface area (Å²) < 4.78 is 5.81. The van der Waals surface area contributed by atoms with Gasteiger partial charge in [-0.3, -0.25) is 0 Å². The van der Waals surface area contributed by atoms with Crippen LogP contribution in [-0.4, -0.2) is 12.8 Å². The molecule has 0 heterocycles. The van der Waals surface area contributed by atoms with Crippen LogP contribution >= 0.6 is 7.26 Å². The first kappa shape index (κ1) is 35.2. The van der Waals surface area contributed by atoms with E-state index in [1.165, 1.54) is 111 Å². The second kappa shape index (κ2) is 21.5. The van der Waals surface area contributed by atoms with Gasteiger partial charge in [0.05, 0.1) is 12.8 Å². The van der Waals surface area contributed by atoms with E-state index in [1.807, 2.05) is 0 Å². The lowest BCUT2D eigenvalue weighted by Gasteiger charge is -2.27. The first-order chi connectivity index (χ1) is 20.9. The molecule has 0 bridgehead atoms. The van der Waals surface area contributed by atoms with Crippen molar-refractivity contribution >= 4 is 23.2 Å². The molecule has 0 amide bonds. The van der Waals surface area contributed by atoms with Crippen LogP contribution in [0.3, 0.4) is 0 Å². The zero-order chi connectivity index (χ0) is 29.0. The number of rotatable bonds is 21. The summed E-state index contributed by atoms with van der Waals surface area (Å²) in [5.41, 5.74) is 1.27. The Labute approximate surface area is 273 Å². The van der Waals surface area contributed by atoms with Crippen molar-refractivity contribution in [2.75, 3.05) is 12.8 Å². The summed E-state index contributed by atoms with van der Waals surface area (Å²) in [5.74, 6) is 0.